The number of carbonyl (C=O) groups is 2. The number of halogens is 1. The van der Waals surface area contributed by atoms with Gasteiger partial charge >= 0.3 is 6.03 Å². The van der Waals surface area contributed by atoms with Crippen molar-refractivity contribution < 1.29 is 9.59 Å². The molecule has 2 rings (SSSR count). The van der Waals surface area contributed by atoms with E-state index in [0.29, 0.717) is 21.7 Å². The van der Waals surface area contributed by atoms with Crippen LogP contribution in [0, 0.1) is 5.92 Å². The summed E-state index contributed by atoms with van der Waals surface area (Å²) in [6.45, 7) is 6.54. The zero-order valence-electron chi connectivity index (χ0n) is 16.3. The minimum atomic E-state index is -0.658. The molecule has 0 radical (unpaired) electrons. The van der Waals surface area contributed by atoms with Gasteiger partial charge in [0.15, 0.2) is 0 Å². The minimum absolute atomic E-state index is 0.0272. The maximum Gasteiger partial charge on any atom is 0.315 e. The van der Waals surface area contributed by atoms with Crippen molar-refractivity contribution in [3.63, 3.8) is 0 Å². The van der Waals surface area contributed by atoms with Crippen LogP contribution in [0.1, 0.15) is 40.0 Å². The van der Waals surface area contributed by atoms with Crippen molar-refractivity contribution in [2.75, 3.05) is 11.9 Å². The number of urea groups is 1. The zero-order chi connectivity index (χ0) is 20.5. The van der Waals surface area contributed by atoms with Crippen molar-refractivity contribution in [1.29, 1.82) is 0 Å². The molecule has 152 valence electrons. The average molecular weight is 424 g/mol. The molecule has 3 amide bonds. The fraction of sp³-hybridized carbons (Fsp3) is 0.474. The maximum absolute atomic E-state index is 12.7. The van der Waals surface area contributed by atoms with Gasteiger partial charge in [0.25, 0.3) is 0 Å². The first-order valence-corrected chi connectivity index (χ1v) is 10.6. The van der Waals surface area contributed by atoms with Gasteiger partial charge in [-0.25, -0.2) is 4.79 Å². The number of aromatic nitrogens is 2. The molecule has 1 aromatic carbocycles. The molecule has 0 bridgehead atoms. The van der Waals surface area contributed by atoms with Crippen molar-refractivity contribution in [2.45, 2.75) is 46.1 Å². The third kappa shape index (κ3) is 6.45. The second-order valence-corrected chi connectivity index (χ2v) is 7.94. The highest BCUT2D eigenvalue weighted by atomic mass is 35.5. The van der Waals surface area contributed by atoms with Gasteiger partial charge < -0.3 is 10.6 Å². The Morgan fingerprint density at radius 1 is 1.18 bits per heavy atom. The van der Waals surface area contributed by atoms with Crippen LogP contribution in [-0.4, -0.2) is 34.7 Å². The molecule has 1 aromatic heterocycles. The lowest BCUT2D eigenvalue weighted by molar-refractivity contribution is -0.119. The van der Waals surface area contributed by atoms with Crippen LogP contribution in [0.25, 0.3) is 10.6 Å². The number of nitrogens with one attached hydrogen (secondary N) is 3. The molecule has 0 aliphatic heterocycles. The molecule has 28 heavy (non-hydrogen) atoms. The van der Waals surface area contributed by atoms with Crippen LogP contribution in [0.5, 0.6) is 0 Å². The molecule has 9 heteroatoms. The number of carbonyl (C=O) groups excluding carboxylic acids is 2. The molecular weight excluding hydrogens is 398 g/mol. The lowest BCUT2D eigenvalue weighted by atomic mass is 9.98. The van der Waals surface area contributed by atoms with E-state index in [4.69, 9.17) is 11.6 Å². The molecule has 0 aliphatic carbocycles. The molecule has 2 atom stereocenters. The summed E-state index contributed by atoms with van der Waals surface area (Å²) in [5.41, 5.74) is 0.870. The molecule has 0 fully saturated rings. The van der Waals surface area contributed by atoms with Crippen molar-refractivity contribution in [2.24, 2.45) is 5.92 Å². The number of amides is 3. The summed E-state index contributed by atoms with van der Waals surface area (Å²) >= 11 is 7.17. The van der Waals surface area contributed by atoms with E-state index in [2.05, 4.69) is 33.1 Å². The van der Waals surface area contributed by atoms with E-state index in [1.165, 1.54) is 11.3 Å². The van der Waals surface area contributed by atoms with Crippen molar-refractivity contribution in [3.05, 3.63) is 29.3 Å². The van der Waals surface area contributed by atoms with Crippen LogP contribution in [-0.2, 0) is 4.79 Å². The van der Waals surface area contributed by atoms with Gasteiger partial charge in [-0.2, -0.15) is 0 Å². The molecule has 3 N–H and O–H groups in total. The van der Waals surface area contributed by atoms with Crippen LogP contribution in [0.15, 0.2) is 24.3 Å². The second-order valence-electron chi connectivity index (χ2n) is 6.53. The van der Waals surface area contributed by atoms with E-state index < -0.39 is 6.04 Å². The molecule has 2 aromatic rings. The van der Waals surface area contributed by atoms with E-state index in [1.807, 2.05) is 26.0 Å². The largest absolute Gasteiger partial charge is 0.338 e. The summed E-state index contributed by atoms with van der Waals surface area (Å²) in [6.07, 6.45) is 2.63. The Kier molecular flexibility index (Phi) is 8.66. The summed E-state index contributed by atoms with van der Waals surface area (Å²) in [5.74, 6) is -0.334. The highest BCUT2D eigenvalue weighted by molar-refractivity contribution is 7.18. The van der Waals surface area contributed by atoms with Crippen LogP contribution < -0.4 is 16.0 Å². The minimum Gasteiger partial charge on any atom is -0.338 e. The number of hydrogen-bond donors (Lipinski definition) is 3. The van der Waals surface area contributed by atoms with E-state index >= 15 is 0 Å². The average Bonchev–Trinajstić information content (AvgIpc) is 3.14. The predicted octanol–water partition coefficient (Wildman–Crippen LogP) is 4.31. The molecule has 0 spiro atoms. The molecule has 2 unspecified atom stereocenters. The first-order valence-electron chi connectivity index (χ1n) is 9.39. The van der Waals surface area contributed by atoms with Crippen LogP contribution in [0.2, 0.25) is 5.02 Å². The van der Waals surface area contributed by atoms with E-state index in [1.54, 1.807) is 12.1 Å². The molecule has 1 heterocycles. The maximum atomic E-state index is 12.7. The fourth-order valence-electron chi connectivity index (χ4n) is 2.44. The Morgan fingerprint density at radius 3 is 2.54 bits per heavy atom. The smallest absolute Gasteiger partial charge is 0.315 e. The summed E-state index contributed by atoms with van der Waals surface area (Å²) < 4.78 is 0. The van der Waals surface area contributed by atoms with Crippen molar-refractivity contribution in [1.82, 2.24) is 20.8 Å². The lowest BCUT2D eigenvalue weighted by Crippen LogP contribution is -2.51. The zero-order valence-corrected chi connectivity index (χ0v) is 17.9. The van der Waals surface area contributed by atoms with Gasteiger partial charge in [-0.15, -0.1) is 10.2 Å². The Labute approximate surface area is 174 Å². The second kappa shape index (κ2) is 11.0. The highest BCUT2D eigenvalue weighted by Gasteiger charge is 2.26. The van der Waals surface area contributed by atoms with E-state index in [-0.39, 0.29) is 17.9 Å². The van der Waals surface area contributed by atoms with Gasteiger partial charge in [0.05, 0.1) is 0 Å². The summed E-state index contributed by atoms with van der Waals surface area (Å²) in [5, 5.41) is 18.2. The van der Waals surface area contributed by atoms with Crippen molar-refractivity contribution in [3.8, 4) is 10.6 Å². The first kappa shape index (κ1) is 22.1. The number of anilines is 1. The molecular formula is C19H26ClN5O2S. The third-order valence-electron chi connectivity index (χ3n) is 4.34. The van der Waals surface area contributed by atoms with Gasteiger partial charge in [0, 0.05) is 17.1 Å². The Hall–Kier alpha value is -2.19. The summed E-state index contributed by atoms with van der Waals surface area (Å²) in [4.78, 5) is 24.8. The molecule has 0 aliphatic rings. The van der Waals surface area contributed by atoms with E-state index in [0.717, 1.165) is 24.8 Å². The Balaban J connectivity index is 2.02. The van der Waals surface area contributed by atoms with Crippen LogP contribution >= 0.6 is 22.9 Å². The predicted molar refractivity (Wildman–Crippen MR) is 114 cm³/mol. The summed E-state index contributed by atoms with van der Waals surface area (Å²) in [7, 11) is 0. The normalized spacial score (nSPS) is 12.9. The number of nitrogens with zero attached hydrogens (tertiary/aromatic N) is 2. The van der Waals surface area contributed by atoms with Crippen LogP contribution in [0.4, 0.5) is 9.93 Å². The SMILES string of the molecule is CCCCNC(=O)NC(C(=O)Nc1nnc(-c2ccc(Cl)cc2)s1)C(C)CC. The number of unbranched alkanes of at least 4 members (excludes halogenated alkanes) is 1. The van der Waals surface area contributed by atoms with Gasteiger partial charge in [-0.3, -0.25) is 10.1 Å². The Morgan fingerprint density at radius 2 is 1.89 bits per heavy atom. The standard InChI is InChI=1S/C19H26ClN5O2S/c1-4-6-11-21-18(27)22-15(12(3)5-2)16(26)23-19-25-24-17(28-19)13-7-9-14(20)10-8-13/h7-10,12,15H,4-6,11H2,1-3H3,(H2,21,22,27)(H,23,25,26). The molecule has 0 saturated heterocycles. The lowest BCUT2D eigenvalue weighted by Gasteiger charge is -2.23. The van der Waals surface area contributed by atoms with Crippen molar-refractivity contribution >= 4 is 40.0 Å². The molecule has 0 saturated carbocycles. The topological polar surface area (TPSA) is 96.0 Å². The van der Waals surface area contributed by atoms with Gasteiger partial charge in [-0.1, -0.05) is 68.7 Å². The Bertz CT molecular complexity index is 781. The summed E-state index contributed by atoms with van der Waals surface area (Å²) in [6, 6.07) is 6.24. The molecule has 7 nitrogen and oxygen atoms in total. The van der Waals surface area contributed by atoms with Gasteiger partial charge in [0.1, 0.15) is 11.0 Å². The third-order valence-corrected chi connectivity index (χ3v) is 5.48. The fourth-order valence-corrected chi connectivity index (χ4v) is 3.32. The monoisotopic (exact) mass is 423 g/mol. The van der Waals surface area contributed by atoms with Crippen LogP contribution in [0.3, 0.4) is 0 Å². The number of benzene rings is 1. The van der Waals surface area contributed by atoms with Gasteiger partial charge in [0.2, 0.25) is 11.0 Å². The first-order chi connectivity index (χ1) is 13.4. The van der Waals surface area contributed by atoms with Gasteiger partial charge in [-0.05, 0) is 24.5 Å². The number of hydrogen-bond acceptors (Lipinski definition) is 5. The van der Waals surface area contributed by atoms with E-state index in [9.17, 15) is 9.59 Å². The quantitative estimate of drug-likeness (QED) is 0.523. The number of rotatable bonds is 9. The highest BCUT2D eigenvalue weighted by Crippen LogP contribution is 2.27.